The average Bonchev–Trinajstić information content (AvgIpc) is 2.86. The minimum absolute atomic E-state index is 0.0228. The highest BCUT2D eigenvalue weighted by molar-refractivity contribution is 5.87. The molecule has 1 aliphatic carbocycles. The Morgan fingerprint density at radius 1 is 1.20 bits per heavy atom. The molecular formula is C18H22N2O5. The van der Waals surface area contributed by atoms with E-state index in [0.717, 1.165) is 5.75 Å². The van der Waals surface area contributed by atoms with Gasteiger partial charge in [0.05, 0.1) is 24.4 Å². The summed E-state index contributed by atoms with van der Waals surface area (Å²) in [4.78, 5) is 36.9. The van der Waals surface area contributed by atoms with Gasteiger partial charge in [0.2, 0.25) is 11.8 Å². The molecule has 0 spiro atoms. The van der Waals surface area contributed by atoms with Crippen molar-refractivity contribution in [2.45, 2.75) is 25.3 Å². The molecule has 7 heteroatoms. The molecule has 2 amide bonds. The third kappa shape index (κ3) is 4.10. The van der Waals surface area contributed by atoms with Crippen molar-refractivity contribution in [3.05, 3.63) is 30.3 Å². The summed E-state index contributed by atoms with van der Waals surface area (Å²) >= 11 is 0. The summed E-state index contributed by atoms with van der Waals surface area (Å²) in [6.07, 6.45) is 1.39. The van der Waals surface area contributed by atoms with Gasteiger partial charge in [-0.1, -0.05) is 18.2 Å². The maximum Gasteiger partial charge on any atom is 0.307 e. The van der Waals surface area contributed by atoms with Crippen LogP contribution >= 0.6 is 0 Å². The van der Waals surface area contributed by atoms with Gasteiger partial charge in [-0.25, -0.2) is 0 Å². The zero-order valence-corrected chi connectivity index (χ0v) is 13.9. The van der Waals surface area contributed by atoms with Crippen molar-refractivity contribution in [2.24, 2.45) is 11.8 Å². The second kappa shape index (κ2) is 7.55. The van der Waals surface area contributed by atoms with Gasteiger partial charge in [0.15, 0.2) is 0 Å². The van der Waals surface area contributed by atoms with Crippen LogP contribution in [0.25, 0.3) is 0 Å². The molecule has 25 heavy (non-hydrogen) atoms. The first-order valence-electron chi connectivity index (χ1n) is 8.53. The maximum absolute atomic E-state index is 12.2. The summed E-state index contributed by atoms with van der Waals surface area (Å²) in [5.74, 6) is -1.50. The van der Waals surface area contributed by atoms with Crippen LogP contribution in [0.3, 0.4) is 0 Å². The second-order valence-electron chi connectivity index (χ2n) is 6.54. The van der Waals surface area contributed by atoms with Gasteiger partial charge < -0.3 is 20.1 Å². The highest BCUT2D eigenvalue weighted by atomic mass is 16.5. The zero-order valence-electron chi connectivity index (χ0n) is 13.9. The van der Waals surface area contributed by atoms with Gasteiger partial charge in [-0.05, 0) is 25.0 Å². The molecule has 1 aromatic rings. The van der Waals surface area contributed by atoms with Crippen LogP contribution in [0.5, 0.6) is 5.75 Å². The Hall–Kier alpha value is -2.57. The highest BCUT2D eigenvalue weighted by Gasteiger charge is 2.42. The van der Waals surface area contributed by atoms with E-state index in [2.05, 4.69) is 5.32 Å². The summed E-state index contributed by atoms with van der Waals surface area (Å²) < 4.78 is 5.59. The van der Waals surface area contributed by atoms with Crippen LogP contribution in [0.2, 0.25) is 0 Å². The van der Waals surface area contributed by atoms with E-state index in [1.807, 2.05) is 30.3 Å². The molecule has 1 aromatic carbocycles. The van der Waals surface area contributed by atoms with Gasteiger partial charge >= 0.3 is 5.97 Å². The second-order valence-corrected chi connectivity index (χ2v) is 6.54. The Morgan fingerprint density at radius 2 is 1.92 bits per heavy atom. The van der Waals surface area contributed by atoms with Crippen molar-refractivity contribution in [1.82, 2.24) is 10.2 Å². The number of carbonyl (C=O) groups excluding carboxylic acids is 2. The Balaban J connectivity index is 1.43. The van der Waals surface area contributed by atoms with Gasteiger partial charge in [0.25, 0.3) is 0 Å². The number of likely N-dealkylation sites (tertiary alicyclic amines) is 1. The van der Waals surface area contributed by atoms with Crippen molar-refractivity contribution in [1.29, 1.82) is 0 Å². The lowest BCUT2D eigenvalue weighted by Gasteiger charge is -2.32. The molecule has 2 N–H and O–H groups in total. The first-order chi connectivity index (χ1) is 12.0. The van der Waals surface area contributed by atoms with E-state index in [-0.39, 0.29) is 24.3 Å². The molecule has 0 bridgehead atoms. The quantitative estimate of drug-likeness (QED) is 0.764. The van der Waals surface area contributed by atoms with Gasteiger partial charge in [0.1, 0.15) is 12.4 Å². The molecule has 3 atom stereocenters. The van der Waals surface area contributed by atoms with Crippen molar-refractivity contribution in [3.63, 3.8) is 0 Å². The van der Waals surface area contributed by atoms with Crippen LogP contribution in [-0.2, 0) is 14.4 Å². The molecule has 0 aromatic heterocycles. The number of ether oxygens (including phenoxy) is 1. The topological polar surface area (TPSA) is 95.9 Å². The molecule has 134 valence electrons. The highest BCUT2D eigenvalue weighted by Crippen LogP contribution is 2.34. The summed E-state index contributed by atoms with van der Waals surface area (Å²) in [5, 5.41) is 11.9. The summed E-state index contributed by atoms with van der Waals surface area (Å²) in [6, 6.07) is 9.12. The molecule has 1 heterocycles. The number of amides is 2. The van der Waals surface area contributed by atoms with Gasteiger partial charge in [-0.2, -0.15) is 0 Å². The van der Waals surface area contributed by atoms with Gasteiger partial charge in [-0.3, -0.25) is 14.4 Å². The standard InChI is InChI=1S/C18H22N2O5/c21-16-10-12(19-17(22)14-6-7-15(14)18(23)24)11-20(16)8-9-25-13-4-2-1-3-5-13/h1-5,12,14-15H,6-11H2,(H,19,22)(H,23,24). The molecule has 1 saturated heterocycles. The summed E-state index contributed by atoms with van der Waals surface area (Å²) in [7, 11) is 0. The molecule has 1 saturated carbocycles. The number of hydrogen-bond acceptors (Lipinski definition) is 4. The van der Waals surface area contributed by atoms with E-state index in [4.69, 9.17) is 9.84 Å². The fraction of sp³-hybridized carbons (Fsp3) is 0.500. The largest absolute Gasteiger partial charge is 0.492 e. The Bertz CT molecular complexity index is 648. The smallest absolute Gasteiger partial charge is 0.307 e. The lowest BCUT2D eigenvalue weighted by atomic mass is 9.73. The first-order valence-corrected chi connectivity index (χ1v) is 8.53. The molecule has 3 rings (SSSR count). The van der Waals surface area contributed by atoms with E-state index >= 15 is 0 Å². The van der Waals surface area contributed by atoms with Crippen molar-refractivity contribution >= 4 is 17.8 Å². The number of nitrogens with zero attached hydrogens (tertiary/aromatic N) is 1. The van der Waals surface area contributed by atoms with Crippen LogP contribution in [-0.4, -0.2) is 53.5 Å². The van der Waals surface area contributed by atoms with Crippen LogP contribution in [0.15, 0.2) is 30.3 Å². The Labute approximate surface area is 146 Å². The molecule has 2 fully saturated rings. The minimum Gasteiger partial charge on any atom is -0.492 e. The number of nitrogens with one attached hydrogen (secondary N) is 1. The van der Waals surface area contributed by atoms with E-state index in [1.165, 1.54) is 0 Å². The molecule has 2 aliphatic rings. The number of benzene rings is 1. The summed E-state index contributed by atoms with van der Waals surface area (Å²) in [6.45, 7) is 1.29. The maximum atomic E-state index is 12.2. The minimum atomic E-state index is -0.923. The Morgan fingerprint density at radius 3 is 2.56 bits per heavy atom. The van der Waals surface area contributed by atoms with Crippen LogP contribution in [0.4, 0.5) is 0 Å². The fourth-order valence-corrected chi connectivity index (χ4v) is 3.29. The number of carboxylic acid groups (broad SMARTS) is 1. The van der Waals surface area contributed by atoms with Crippen molar-refractivity contribution in [3.8, 4) is 5.75 Å². The molecule has 1 aliphatic heterocycles. The predicted octanol–water partition coefficient (Wildman–Crippen LogP) is 0.893. The number of carbonyl (C=O) groups is 3. The van der Waals surface area contributed by atoms with Crippen LogP contribution < -0.4 is 10.1 Å². The summed E-state index contributed by atoms with van der Waals surface area (Å²) in [5.41, 5.74) is 0. The molecule has 7 nitrogen and oxygen atoms in total. The van der Waals surface area contributed by atoms with Crippen molar-refractivity contribution in [2.75, 3.05) is 19.7 Å². The first kappa shape index (κ1) is 17.3. The van der Waals surface area contributed by atoms with E-state index < -0.39 is 17.8 Å². The van der Waals surface area contributed by atoms with Gasteiger partial charge in [-0.15, -0.1) is 0 Å². The number of hydrogen-bond donors (Lipinski definition) is 2. The van der Waals surface area contributed by atoms with Crippen molar-refractivity contribution < 1.29 is 24.2 Å². The van der Waals surface area contributed by atoms with E-state index in [1.54, 1.807) is 4.90 Å². The third-order valence-electron chi connectivity index (χ3n) is 4.86. The number of rotatable bonds is 7. The zero-order chi connectivity index (χ0) is 17.8. The van der Waals surface area contributed by atoms with E-state index in [9.17, 15) is 14.4 Å². The number of para-hydroxylation sites is 1. The van der Waals surface area contributed by atoms with Gasteiger partial charge in [0, 0.05) is 13.0 Å². The molecule has 3 unspecified atom stereocenters. The average molecular weight is 346 g/mol. The lowest BCUT2D eigenvalue weighted by molar-refractivity contribution is -0.152. The number of aliphatic carboxylic acids is 1. The van der Waals surface area contributed by atoms with Crippen LogP contribution in [0.1, 0.15) is 19.3 Å². The SMILES string of the molecule is O=C(O)C1CCC1C(=O)NC1CC(=O)N(CCOc2ccccc2)C1. The van der Waals surface area contributed by atoms with Crippen LogP contribution in [0, 0.1) is 11.8 Å². The predicted molar refractivity (Wildman–Crippen MR) is 88.9 cm³/mol. The monoisotopic (exact) mass is 346 g/mol. The Kier molecular flexibility index (Phi) is 5.21. The molecular weight excluding hydrogens is 324 g/mol. The fourth-order valence-electron chi connectivity index (χ4n) is 3.29. The number of carboxylic acids is 1. The van der Waals surface area contributed by atoms with E-state index in [0.29, 0.717) is 32.5 Å². The lowest BCUT2D eigenvalue weighted by Crippen LogP contribution is -2.48. The molecule has 0 radical (unpaired) electrons. The third-order valence-corrected chi connectivity index (χ3v) is 4.86. The normalized spacial score (nSPS) is 25.4.